The highest BCUT2D eigenvalue weighted by atomic mass is 16.5. The molecule has 5 nitrogen and oxygen atoms in total. The number of hydrogen-bond donors (Lipinski definition) is 2. The smallest absolute Gasteiger partial charge is 0.257 e. The monoisotopic (exact) mass is 356 g/mol. The molecule has 0 aliphatic rings. The number of benzene rings is 2. The first-order valence-electron chi connectivity index (χ1n) is 8.90. The topological polar surface area (TPSA) is 59.6 Å². The first kappa shape index (κ1) is 19.8. The number of aryl methyl sites for hydroxylation is 1. The van der Waals surface area contributed by atoms with Gasteiger partial charge in [0.2, 0.25) is 0 Å². The Morgan fingerprint density at radius 1 is 1.15 bits per heavy atom. The third kappa shape index (κ3) is 5.49. The van der Waals surface area contributed by atoms with Crippen LogP contribution in [0.25, 0.3) is 0 Å². The van der Waals surface area contributed by atoms with Crippen molar-refractivity contribution in [1.29, 1.82) is 0 Å². The van der Waals surface area contributed by atoms with Gasteiger partial charge in [0.05, 0.1) is 7.11 Å². The molecule has 0 aliphatic carbocycles. The first-order chi connectivity index (χ1) is 12.5. The summed E-state index contributed by atoms with van der Waals surface area (Å²) < 4.78 is 11.0. The van der Waals surface area contributed by atoms with E-state index >= 15 is 0 Å². The van der Waals surface area contributed by atoms with Crippen molar-refractivity contribution in [3.63, 3.8) is 0 Å². The van der Waals surface area contributed by atoms with Gasteiger partial charge < -0.3 is 20.1 Å². The molecule has 0 saturated carbocycles. The summed E-state index contributed by atoms with van der Waals surface area (Å²) in [5.74, 6) is 1.04. The van der Waals surface area contributed by atoms with Gasteiger partial charge in [0, 0.05) is 19.1 Å². The summed E-state index contributed by atoms with van der Waals surface area (Å²) in [6.07, 6.45) is 0. The van der Waals surface area contributed by atoms with Crippen LogP contribution in [-0.2, 0) is 11.3 Å². The number of rotatable bonds is 9. The largest absolute Gasteiger partial charge is 0.493 e. The predicted octanol–water partition coefficient (Wildman–Crippen LogP) is 3.37. The maximum Gasteiger partial charge on any atom is 0.257 e. The van der Waals surface area contributed by atoms with E-state index in [1.807, 2.05) is 25.1 Å². The average Bonchev–Trinajstić information content (AvgIpc) is 2.65. The van der Waals surface area contributed by atoms with Crippen LogP contribution in [0.1, 0.15) is 36.6 Å². The molecule has 2 aromatic rings. The lowest BCUT2D eigenvalue weighted by Gasteiger charge is -2.17. The van der Waals surface area contributed by atoms with E-state index in [1.54, 1.807) is 7.11 Å². The molecular weight excluding hydrogens is 328 g/mol. The number of hydrogen-bond acceptors (Lipinski definition) is 4. The van der Waals surface area contributed by atoms with Gasteiger partial charge in [-0.2, -0.15) is 0 Å². The summed E-state index contributed by atoms with van der Waals surface area (Å²) >= 11 is 0. The van der Waals surface area contributed by atoms with Crippen molar-refractivity contribution < 1.29 is 14.3 Å². The number of amides is 1. The van der Waals surface area contributed by atoms with Gasteiger partial charge in [-0.15, -0.1) is 0 Å². The Kier molecular flexibility index (Phi) is 7.48. The minimum atomic E-state index is -0.146. The Morgan fingerprint density at radius 3 is 2.62 bits per heavy atom. The summed E-state index contributed by atoms with van der Waals surface area (Å²) in [4.78, 5) is 11.5. The van der Waals surface area contributed by atoms with Crippen molar-refractivity contribution in [3.05, 3.63) is 59.2 Å². The first-order valence-corrected chi connectivity index (χ1v) is 8.90. The van der Waals surface area contributed by atoms with Crippen molar-refractivity contribution in [2.45, 2.75) is 33.4 Å². The molecule has 0 fully saturated rings. The second kappa shape index (κ2) is 9.82. The number of carbonyl (C=O) groups excluding carboxylic acids is 1. The Labute approximate surface area is 155 Å². The summed E-state index contributed by atoms with van der Waals surface area (Å²) in [5.41, 5.74) is 3.66. The predicted molar refractivity (Wildman–Crippen MR) is 104 cm³/mol. The summed E-state index contributed by atoms with van der Waals surface area (Å²) in [6, 6.07) is 14.4. The second-order valence-electron chi connectivity index (χ2n) is 6.19. The lowest BCUT2D eigenvalue weighted by Crippen LogP contribution is -2.28. The Balaban J connectivity index is 1.98. The highest BCUT2D eigenvalue weighted by Crippen LogP contribution is 2.28. The lowest BCUT2D eigenvalue weighted by atomic mass is 10.0. The molecule has 0 heterocycles. The minimum Gasteiger partial charge on any atom is -0.493 e. The van der Waals surface area contributed by atoms with Gasteiger partial charge >= 0.3 is 0 Å². The zero-order chi connectivity index (χ0) is 18.9. The molecule has 2 aromatic carbocycles. The van der Waals surface area contributed by atoms with Gasteiger partial charge in [0.25, 0.3) is 5.91 Å². The quantitative estimate of drug-likeness (QED) is 0.723. The highest BCUT2D eigenvalue weighted by Gasteiger charge is 2.10. The maximum atomic E-state index is 11.5. The van der Waals surface area contributed by atoms with Gasteiger partial charge in [0.1, 0.15) is 0 Å². The number of methoxy groups -OCH3 is 1. The Hall–Kier alpha value is -2.53. The number of likely N-dealkylation sites (N-methyl/N-ethyl adjacent to an activating group) is 1. The van der Waals surface area contributed by atoms with Crippen LogP contribution in [0.15, 0.2) is 42.5 Å². The van der Waals surface area contributed by atoms with Crippen LogP contribution >= 0.6 is 0 Å². The molecule has 1 amide bonds. The molecule has 1 unspecified atom stereocenters. The fourth-order valence-corrected chi connectivity index (χ4v) is 2.79. The summed E-state index contributed by atoms with van der Waals surface area (Å²) in [5, 5.41) is 6.24. The average molecular weight is 356 g/mol. The molecule has 5 heteroatoms. The molecular formula is C21H28N2O3. The molecule has 1 atom stereocenters. The van der Waals surface area contributed by atoms with Crippen LogP contribution in [0.4, 0.5) is 0 Å². The van der Waals surface area contributed by atoms with Crippen LogP contribution in [0, 0.1) is 6.92 Å². The summed E-state index contributed by atoms with van der Waals surface area (Å²) in [6.45, 7) is 7.43. The van der Waals surface area contributed by atoms with Crippen LogP contribution in [-0.4, -0.2) is 26.2 Å². The maximum absolute atomic E-state index is 11.5. The third-order valence-corrected chi connectivity index (χ3v) is 4.23. The second-order valence-corrected chi connectivity index (χ2v) is 6.19. The van der Waals surface area contributed by atoms with E-state index in [9.17, 15) is 4.79 Å². The van der Waals surface area contributed by atoms with E-state index < -0.39 is 0 Å². The lowest BCUT2D eigenvalue weighted by molar-refractivity contribution is -0.123. The fourth-order valence-electron chi connectivity index (χ4n) is 2.79. The van der Waals surface area contributed by atoms with Crippen LogP contribution in [0.3, 0.4) is 0 Å². The zero-order valence-electron chi connectivity index (χ0n) is 16.0. The van der Waals surface area contributed by atoms with Crippen molar-refractivity contribution in [3.8, 4) is 11.5 Å². The van der Waals surface area contributed by atoms with Crippen molar-refractivity contribution >= 4 is 5.91 Å². The standard InChI is InChI=1S/C21H28N2O3/c1-5-22-21(24)14-26-19-11-10-17(12-20(19)25-4)13-23-16(3)18-9-7-6-8-15(18)2/h6-12,16,23H,5,13-14H2,1-4H3,(H,22,24). The third-order valence-electron chi connectivity index (χ3n) is 4.23. The Bertz CT molecular complexity index is 731. The molecule has 0 radical (unpaired) electrons. The number of ether oxygens (including phenoxy) is 2. The molecule has 0 spiro atoms. The SMILES string of the molecule is CCNC(=O)COc1ccc(CNC(C)c2ccccc2C)cc1OC. The zero-order valence-corrected chi connectivity index (χ0v) is 16.0. The van der Waals surface area contributed by atoms with E-state index in [2.05, 4.69) is 48.7 Å². The van der Waals surface area contributed by atoms with E-state index in [-0.39, 0.29) is 18.6 Å². The van der Waals surface area contributed by atoms with Crippen molar-refractivity contribution in [2.24, 2.45) is 0 Å². The molecule has 140 valence electrons. The Morgan fingerprint density at radius 2 is 1.92 bits per heavy atom. The molecule has 0 aromatic heterocycles. The molecule has 2 rings (SSSR count). The number of carbonyl (C=O) groups is 1. The minimum absolute atomic E-state index is 0.0217. The van der Waals surface area contributed by atoms with Gasteiger partial charge in [-0.25, -0.2) is 0 Å². The van der Waals surface area contributed by atoms with E-state index in [4.69, 9.17) is 9.47 Å². The highest BCUT2D eigenvalue weighted by molar-refractivity contribution is 5.77. The molecule has 0 aliphatic heterocycles. The van der Waals surface area contributed by atoms with Crippen LogP contribution < -0.4 is 20.1 Å². The van der Waals surface area contributed by atoms with Crippen molar-refractivity contribution in [1.82, 2.24) is 10.6 Å². The van der Waals surface area contributed by atoms with Gasteiger partial charge in [-0.05, 0) is 49.6 Å². The normalized spacial score (nSPS) is 11.7. The van der Waals surface area contributed by atoms with Crippen LogP contribution in [0.2, 0.25) is 0 Å². The van der Waals surface area contributed by atoms with Gasteiger partial charge in [-0.1, -0.05) is 30.3 Å². The van der Waals surface area contributed by atoms with Crippen molar-refractivity contribution in [2.75, 3.05) is 20.3 Å². The van der Waals surface area contributed by atoms with E-state index in [0.717, 1.165) is 5.56 Å². The number of nitrogens with one attached hydrogen (secondary N) is 2. The molecule has 26 heavy (non-hydrogen) atoms. The summed E-state index contributed by atoms with van der Waals surface area (Å²) in [7, 11) is 1.60. The van der Waals surface area contributed by atoms with Crippen LogP contribution in [0.5, 0.6) is 11.5 Å². The molecule has 0 bridgehead atoms. The fraction of sp³-hybridized carbons (Fsp3) is 0.381. The van der Waals surface area contributed by atoms with E-state index in [1.165, 1.54) is 11.1 Å². The molecule has 0 saturated heterocycles. The van der Waals surface area contributed by atoms with Gasteiger partial charge in [-0.3, -0.25) is 4.79 Å². The van der Waals surface area contributed by atoms with Gasteiger partial charge in [0.15, 0.2) is 18.1 Å². The van der Waals surface area contributed by atoms with E-state index in [0.29, 0.717) is 24.6 Å². The molecule has 2 N–H and O–H groups in total.